The van der Waals surface area contributed by atoms with Crippen molar-refractivity contribution in [3.05, 3.63) is 64.8 Å². The molecule has 5 amide bonds. The van der Waals surface area contributed by atoms with E-state index in [0.717, 1.165) is 94.4 Å². The Bertz CT molecular complexity index is 1970. The van der Waals surface area contributed by atoms with Crippen LogP contribution in [-0.2, 0) is 9.59 Å². The summed E-state index contributed by atoms with van der Waals surface area (Å²) in [4.78, 5) is 77.4. The number of primary amides is 1. The lowest BCUT2D eigenvalue weighted by Gasteiger charge is -2.34. The van der Waals surface area contributed by atoms with E-state index in [9.17, 15) is 24.0 Å². The Hall–Kier alpha value is -5.48. The first-order chi connectivity index (χ1) is 26.1. The third kappa shape index (κ3) is 7.10. The number of hydrogen-bond donors (Lipinski definition) is 3. The molecule has 8 rings (SSSR count). The summed E-state index contributed by atoms with van der Waals surface area (Å²) in [6, 6.07) is 12.7. The number of piperidine rings is 2. The van der Waals surface area contributed by atoms with Crippen molar-refractivity contribution in [2.24, 2.45) is 11.7 Å². The second-order valence-corrected chi connectivity index (χ2v) is 15.1. The van der Waals surface area contributed by atoms with Crippen molar-refractivity contribution in [3.8, 4) is 0 Å². The van der Waals surface area contributed by atoms with Crippen molar-refractivity contribution in [2.75, 3.05) is 81.1 Å². The van der Waals surface area contributed by atoms with Crippen LogP contribution in [-0.4, -0.2) is 131 Å². The van der Waals surface area contributed by atoms with Crippen molar-refractivity contribution in [1.29, 1.82) is 0 Å². The molecule has 5 aliphatic heterocycles. The average molecular weight is 736 g/mol. The van der Waals surface area contributed by atoms with E-state index in [4.69, 9.17) is 5.73 Å². The van der Waals surface area contributed by atoms with Crippen molar-refractivity contribution in [1.82, 2.24) is 35.2 Å². The second kappa shape index (κ2) is 14.7. The monoisotopic (exact) mass is 735 g/mol. The quantitative estimate of drug-likeness (QED) is 0.269. The number of benzene rings is 2. The number of nitrogens with two attached hydrogens (primary N) is 1. The Morgan fingerprint density at radius 1 is 0.852 bits per heavy atom. The van der Waals surface area contributed by atoms with Crippen molar-refractivity contribution < 1.29 is 24.0 Å². The summed E-state index contributed by atoms with van der Waals surface area (Å²) in [7, 11) is 2.08. The van der Waals surface area contributed by atoms with E-state index in [1.165, 1.54) is 5.56 Å². The van der Waals surface area contributed by atoms with Crippen molar-refractivity contribution >= 4 is 52.7 Å². The molecule has 4 N–H and O–H groups in total. The number of aromatic nitrogens is 3. The summed E-state index contributed by atoms with van der Waals surface area (Å²) >= 11 is 0. The predicted molar refractivity (Wildman–Crippen MR) is 200 cm³/mol. The topological polar surface area (TPSA) is 190 Å². The molecule has 2 aromatic carbocycles. The highest BCUT2D eigenvalue weighted by Crippen LogP contribution is 2.34. The Balaban J connectivity index is 0.833. The molecule has 282 valence electrons. The zero-order valence-electron chi connectivity index (χ0n) is 30.4. The largest absolute Gasteiger partial charge is 0.371 e. The number of hydrogen-bond acceptors (Lipinski definition) is 13. The SMILES string of the molecule is CN1CCN(c2nnc(C(N)=O)c(Nc3ccc(C4CCN(CC5CCN(c6ccc7c(c6)C(=O)N(C6CCC(=O)NC6=O)C7=O)C5)CC4)cc3)n2)CC1. The molecule has 0 aliphatic carbocycles. The second-order valence-electron chi connectivity index (χ2n) is 15.1. The third-order valence-corrected chi connectivity index (χ3v) is 11.5. The molecule has 0 saturated carbocycles. The molecular formula is C38H45N11O5. The van der Waals surface area contributed by atoms with E-state index >= 15 is 0 Å². The summed E-state index contributed by atoms with van der Waals surface area (Å²) < 4.78 is 0. The van der Waals surface area contributed by atoms with Gasteiger partial charge in [0.05, 0.1) is 11.1 Å². The van der Waals surface area contributed by atoms with Gasteiger partial charge in [-0.05, 0) is 93.6 Å². The molecule has 1 aromatic heterocycles. The molecule has 4 fully saturated rings. The minimum absolute atomic E-state index is 0.00643. The molecule has 5 aliphatic rings. The summed E-state index contributed by atoms with van der Waals surface area (Å²) in [5, 5.41) is 13.8. The van der Waals surface area contributed by atoms with Gasteiger partial charge >= 0.3 is 0 Å². The minimum Gasteiger partial charge on any atom is -0.371 e. The number of carbonyl (C=O) groups is 5. The fourth-order valence-electron chi connectivity index (χ4n) is 8.37. The van der Waals surface area contributed by atoms with Gasteiger partial charge in [-0.1, -0.05) is 12.1 Å². The van der Waals surface area contributed by atoms with Gasteiger partial charge in [-0.15, -0.1) is 10.2 Å². The van der Waals surface area contributed by atoms with Gasteiger partial charge < -0.3 is 30.7 Å². The first-order valence-corrected chi connectivity index (χ1v) is 18.8. The van der Waals surface area contributed by atoms with Gasteiger partial charge in [0.15, 0.2) is 11.5 Å². The van der Waals surface area contributed by atoms with E-state index in [-0.39, 0.29) is 18.5 Å². The molecule has 0 bridgehead atoms. The summed E-state index contributed by atoms with van der Waals surface area (Å²) in [6.45, 7) is 8.09. The Morgan fingerprint density at radius 3 is 2.31 bits per heavy atom. The summed E-state index contributed by atoms with van der Waals surface area (Å²) in [5.41, 5.74) is 9.19. The Kier molecular flexibility index (Phi) is 9.70. The maximum Gasteiger partial charge on any atom is 0.273 e. The molecule has 0 spiro atoms. The third-order valence-electron chi connectivity index (χ3n) is 11.5. The molecule has 2 unspecified atom stereocenters. The van der Waals surface area contributed by atoms with Crippen LogP contribution in [0.25, 0.3) is 0 Å². The van der Waals surface area contributed by atoms with Crippen LogP contribution in [0.3, 0.4) is 0 Å². The fraction of sp³-hybridized carbons (Fsp3) is 0.474. The smallest absolute Gasteiger partial charge is 0.273 e. The Labute approximate surface area is 313 Å². The van der Waals surface area contributed by atoms with Crippen LogP contribution in [0.15, 0.2) is 42.5 Å². The number of imide groups is 2. The molecule has 6 heterocycles. The molecule has 16 nitrogen and oxygen atoms in total. The lowest BCUT2D eigenvalue weighted by atomic mass is 9.89. The molecule has 2 atom stereocenters. The number of nitrogens with zero attached hydrogens (tertiary/aromatic N) is 8. The zero-order chi connectivity index (χ0) is 37.5. The number of nitrogens with one attached hydrogen (secondary N) is 2. The van der Waals surface area contributed by atoms with Gasteiger partial charge in [-0.2, -0.15) is 4.98 Å². The van der Waals surface area contributed by atoms with E-state index in [1.54, 1.807) is 12.1 Å². The number of amides is 5. The number of rotatable bonds is 9. The number of piperazine rings is 1. The highest BCUT2D eigenvalue weighted by Gasteiger charge is 2.45. The number of carbonyl (C=O) groups excluding carboxylic acids is 5. The first-order valence-electron chi connectivity index (χ1n) is 18.8. The van der Waals surface area contributed by atoms with Crippen LogP contribution < -0.4 is 26.2 Å². The maximum absolute atomic E-state index is 13.3. The van der Waals surface area contributed by atoms with Crippen LogP contribution in [0.2, 0.25) is 0 Å². The van der Waals surface area contributed by atoms with E-state index < -0.39 is 35.6 Å². The Morgan fingerprint density at radius 2 is 1.59 bits per heavy atom. The normalized spacial score (nSPS) is 22.9. The van der Waals surface area contributed by atoms with E-state index in [0.29, 0.717) is 34.7 Å². The molecule has 16 heteroatoms. The van der Waals surface area contributed by atoms with Crippen LogP contribution in [0, 0.1) is 5.92 Å². The highest BCUT2D eigenvalue weighted by atomic mass is 16.2. The van der Waals surface area contributed by atoms with Crippen LogP contribution in [0.4, 0.5) is 23.1 Å². The molecule has 4 saturated heterocycles. The molecular weight excluding hydrogens is 690 g/mol. The number of anilines is 4. The van der Waals surface area contributed by atoms with Gasteiger partial charge in [0.2, 0.25) is 17.8 Å². The van der Waals surface area contributed by atoms with Crippen molar-refractivity contribution in [2.45, 2.75) is 44.1 Å². The van der Waals surface area contributed by atoms with Crippen molar-refractivity contribution in [3.63, 3.8) is 0 Å². The van der Waals surface area contributed by atoms with Crippen LogP contribution >= 0.6 is 0 Å². The average Bonchev–Trinajstić information content (AvgIpc) is 3.74. The fourth-order valence-corrected chi connectivity index (χ4v) is 8.37. The number of fused-ring (bicyclic) bond motifs is 1. The van der Waals surface area contributed by atoms with Gasteiger partial charge in [0, 0.05) is 63.6 Å². The van der Waals surface area contributed by atoms with Crippen LogP contribution in [0.1, 0.15) is 74.8 Å². The highest BCUT2D eigenvalue weighted by molar-refractivity contribution is 6.23. The predicted octanol–water partition coefficient (Wildman–Crippen LogP) is 1.57. The van der Waals surface area contributed by atoms with Gasteiger partial charge in [0.25, 0.3) is 17.7 Å². The maximum atomic E-state index is 13.3. The standard InChI is InChI=1S/C38H45N11O5/c1-45-16-18-47(19-17-45)38-42-34(32(33(39)51)43-44-38)40-26-4-2-24(3-5-26)25-11-13-46(14-12-25)21-23-10-15-48(22-23)27-6-7-28-29(20-27)37(54)49(36(28)53)30-8-9-31(50)41-35(30)52/h2-7,20,23,25,30H,8-19,21-22H2,1H3,(H2,39,51)(H,40,42,44)(H,41,50,52). The molecule has 54 heavy (non-hydrogen) atoms. The summed E-state index contributed by atoms with van der Waals surface area (Å²) in [6.07, 6.45) is 3.39. The van der Waals surface area contributed by atoms with Gasteiger partial charge in [-0.25, -0.2) is 0 Å². The van der Waals surface area contributed by atoms with Gasteiger partial charge in [-0.3, -0.25) is 34.2 Å². The first kappa shape index (κ1) is 35.5. The minimum atomic E-state index is -0.970. The zero-order valence-corrected chi connectivity index (χ0v) is 30.4. The summed E-state index contributed by atoms with van der Waals surface area (Å²) in [5.74, 6) is -0.940. The number of likely N-dealkylation sites (tertiary alicyclic amines) is 1. The van der Waals surface area contributed by atoms with Crippen LogP contribution in [0.5, 0.6) is 0 Å². The lowest BCUT2D eigenvalue weighted by Crippen LogP contribution is -2.54. The van der Waals surface area contributed by atoms with Gasteiger partial charge in [0.1, 0.15) is 6.04 Å². The molecule has 0 radical (unpaired) electrons. The number of likely N-dealkylation sites (N-methyl/N-ethyl adjacent to an activating group) is 1. The van der Waals surface area contributed by atoms with E-state index in [2.05, 4.69) is 64.6 Å². The lowest BCUT2D eigenvalue weighted by molar-refractivity contribution is -0.136. The van der Waals surface area contributed by atoms with E-state index in [1.807, 2.05) is 18.2 Å². The molecule has 3 aromatic rings.